The van der Waals surface area contributed by atoms with Gasteiger partial charge in [-0.1, -0.05) is 64.0 Å². The summed E-state index contributed by atoms with van der Waals surface area (Å²) in [6.45, 7) is 2.01. The van der Waals surface area contributed by atoms with E-state index >= 15 is 0 Å². The zero-order valence-corrected chi connectivity index (χ0v) is 16.3. The molecule has 1 heterocycles. The van der Waals surface area contributed by atoms with Crippen LogP contribution in [0.15, 0.2) is 67.7 Å². The normalized spacial score (nSPS) is 11.6. The van der Waals surface area contributed by atoms with Gasteiger partial charge in [-0.05, 0) is 43.3 Å². The zero-order valence-electron chi connectivity index (χ0n) is 12.4. The molecule has 0 fully saturated rings. The average Bonchev–Trinajstić information content (AvgIpc) is 2.91. The quantitative estimate of drug-likeness (QED) is 0.544. The van der Waals surface area contributed by atoms with E-state index in [0.717, 1.165) is 21.8 Å². The molecule has 2 aromatic carbocycles. The number of hydrogen-bond acceptors (Lipinski definition) is 5. The number of hydrogen-bond donors (Lipinski definition) is 0. The molecule has 0 aliphatic heterocycles. The maximum Gasteiger partial charge on any atom is 0.226 e. The van der Waals surface area contributed by atoms with Gasteiger partial charge in [0.15, 0.2) is 9.37 Å². The number of aromatic nitrogens is 1. The predicted octanol–water partition coefficient (Wildman–Crippen LogP) is 5.74. The molecule has 24 heavy (non-hydrogen) atoms. The second-order valence-corrected chi connectivity index (χ2v) is 10.2. The fourth-order valence-electron chi connectivity index (χ4n) is 1.91. The summed E-state index contributed by atoms with van der Waals surface area (Å²) in [5.74, 6) is 0. The zero-order chi connectivity index (χ0) is 17.3. The number of halogens is 2. The molecule has 1 aromatic heterocycles. The van der Waals surface area contributed by atoms with Crippen molar-refractivity contribution in [2.24, 2.45) is 0 Å². The smallest absolute Gasteiger partial charge is 0.217 e. The van der Waals surface area contributed by atoms with Crippen LogP contribution in [0.25, 0.3) is 0 Å². The van der Waals surface area contributed by atoms with E-state index in [-0.39, 0.29) is 14.3 Å². The van der Waals surface area contributed by atoms with Gasteiger partial charge in [-0.15, -0.1) is 0 Å². The van der Waals surface area contributed by atoms with E-state index < -0.39 is 9.84 Å². The molecule has 3 rings (SSSR count). The van der Waals surface area contributed by atoms with E-state index in [1.54, 1.807) is 0 Å². The van der Waals surface area contributed by atoms with Crippen molar-refractivity contribution in [1.29, 1.82) is 0 Å². The third kappa shape index (κ3) is 3.78. The molecule has 3 aromatic rings. The summed E-state index contributed by atoms with van der Waals surface area (Å²) in [6.07, 6.45) is 0. The van der Waals surface area contributed by atoms with Crippen molar-refractivity contribution in [3.63, 3.8) is 0 Å². The van der Waals surface area contributed by atoms with Crippen LogP contribution < -0.4 is 0 Å². The summed E-state index contributed by atoms with van der Waals surface area (Å²) >= 11 is 14.5. The Balaban J connectivity index is 1.93. The monoisotopic (exact) mass is 415 g/mol. The lowest BCUT2D eigenvalue weighted by Gasteiger charge is -2.02. The van der Waals surface area contributed by atoms with Crippen LogP contribution in [0.4, 0.5) is 0 Å². The molecule has 0 N–H and O–H groups in total. The van der Waals surface area contributed by atoms with Crippen molar-refractivity contribution in [2.75, 3.05) is 0 Å². The standard InChI is InChI=1S/C16H11Cl2NO2S3/c1-10-2-6-12(7-3-10)22-16-19-15(14(18)23-16)24(20,21)13-8-4-11(17)5-9-13/h2-9H,1H3. The maximum atomic E-state index is 12.7. The molecule has 0 atom stereocenters. The largest absolute Gasteiger partial charge is 0.226 e. The van der Waals surface area contributed by atoms with Crippen molar-refractivity contribution in [3.8, 4) is 0 Å². The molecule has 0 unspecified atom stereocenters. The summed E-state index contributed by atoms with van der Waals surface area (Å²) in [7, 11) is -3.77. The molecule has 0 spiro atoms. The van der Waals surface area contributed by atoms with E-state index in [9.17, 15) is 8.42 Å². The van der Waals surface area contributed by atoms with Crippen LogP contribution in [-0.2, 0) is 9.84 Å². The van der Waals surface area contributed by atoms with Crippen LogP contribution in [0.2, 0.25) is 9.36 Å². The highest BCUT2D eigenvalue weighted by atomic mass is 35.5. The molecule has 0 bridgehead atoms. The third-order valence-corrected chi connectivity index (χ3v) is 7.66. The first-order valence-electron chi connectivity index (χ1n) is 6.78. The Bertz CT molecular complexity index is 966. The Kier molecular flexibility index (Phi) is 5.22. The summed E-state index contributed by atoms with van der Waals surface area (Å²) in [5.41, 5.74) is 1.16. The first-order valence-corrected chi connectivity index (χ1v) is 10.6. The lowest BCUT2D eigenvalue weighted by atomic mass is 10.2. The molecule has 0 radical (unpaired) electrons. The van der Waals surface area contributed by atoms with Gasteiger partial charge < -0.3 is 0 Å². The number of nitrogens with zero attached hydrogens (tertiary/aromatic N) is 1. The van der Waals surface area contributed by atoms with Crippen molar-refractivity contribution in [2.45, 2.75) is 26.1 Å². The minimum absolute atomic E-state index is 0.117. The minimum atomic E-state index is -3.77. The maximum absolute atomic E-state index is 12.7. The van der Waals surface area contributed by atoms with Crippen LogP contribution in [0.1, 0.15) is 5.56 Å². The average molecular weight is 416 g/mol. The summed E-state index contributed by atoms with van der Waals surface area (Å²) in [5, 5.41) is 0.347. The summed E-state index contributed by atoms with van der Waals surface area (Å²) < 4.78 is 26.1. The molecular formula is C16H11Cl2NO2S3. The lowest BCUT2D eigenvalue weighted by Crippen LogP contribution is -2.02. The lowest BCUT2D eigenvalue weighted by molar-refractivity contribution is 0.592. The molecule has 124 valence electrons. The number of rotatable bonds is 4. The second kappa shape index (κ2) is 7.06. The van der Waals surface area contributed by atoms with Crippen LogP contribution in [0, 0.1) is 6.92 Å². The second-order valence-electron chi connectivity index (χ2n) is 4.93. The van der Waals surface area contributed by atoms with Gasteiger partial charge in [0.25, 0.3) is 0 Å². The minimum Gasteiger partial charge on any atom is -0.217 e. The molecule has 0 aliphatic carbocycles. The molecule has 0 amide bonds. The molecule has 3 nitrogen and oxygen atoms in total. The Morgan fingerprint density at radius 3 is 2.25 bits per heavy atom. The molecule has 0 saturated heterocycles. The molecule has 0 saturated carbocycles. The van der Waals surface area contributed by atoms with Crippen LogP contribution in [0.5, 0.6) is 0 Å². The van der Waals surface area contributed by atoms with E-state index in [2.05, 4.69) is 4.98 Å². The molecule has 8 heteroatoms. The van der Waals surface area contributed by atoms with Gasteiger partial charge in [0.05, 0.1) is 4.90 Å². The number of thiazole rings is 1. The topological polar surface area (TPSA) is 47.0 Å². The summed E-state index contributed by atoms with van der Waals surface area (Å²) in [4.78, 5) is 5.32. The van der Waals surface area contributed by atoms with Gasteiger partial charge in [-0.2, -0.15) is 0 Å². The fraction of sp³-hybridized carbons (Fsp3) is 0.0625. The highest BCUT2D eigenvalue weighted by Crippen LogP contribution is 2.39. The van der Waals surface area contributed by atoms with Crippen molar-refractivity contribution >= 4 is 56.1 Å². The van der Waals surface area contributed by atoms with Crippen molar-refractivity contribution in [3.05, 3.63) is 63.5 Å². The highest BCUT2D eigenvalue weighted by molar-refractivity contribution is 8.01. The van der Waals surface area contributed by atoms with E-state index in [1.165, 1.54) is 36.0 Å². The first-order chi connectivity index (χ1) is 11.4. The van der Waals surface area contributed by atoms with Gasteiger partial charge in [0, 0.05) is 9.92 Å². The van der Waals surface area contributed by atoms with Crippen molar-refractivity contribution in [1.82, 2.24) is 4.98 Å². The third-order valence-electron chi connectivity index (χ3n) is 3.14. The summed E-state index contributed by atoms with van der Waals surface area (Å²) in [6, 6.07) is 13.8. The highest BCUT2D eigenvalue weighted by Gasteiger charge is 2.25. The van der Waals surface area contributed by atoms with Gasteiger partial charge in [-0.3, -0.25) is 0 Å². The van der Waals surface area contributed by atoms with Crippen LogP contribution >= 0.6 is 46.3 Å². The Morgan fingerprint density at radius 1 is 1.00 bits per heavy atom. The first kappa shape index (κ1) is 17.8. The van der Waals surface area contributed by atoms with E-state index in [1.807, 2.05) is 31.2 Å². The SMILES string of the molecule is Cc1ccc(Sc2nc(S(=O)(=O)c3ccc(Cl)cc3)c(Cl)s2)cc1. The Labute approximate surface area is 158 Å². The van der Waals surface area contributed by atoms with Gasteiger partial charge in [-0.25, -0.2) is 13.4 Å². The van der Waals surface area contributed by atoms with E-state index in [0.29, 0.717) is 9.36 Å². The number of sulfone groups is 1. The number of benzene rings is 2. The van der Waals surface area contributed by atoms with Crippen LogP contribution in [0.3, 0.4) is 0 Å². The predicted molar refractivity (Wildman–Crippen MR) is 99.3 cm³/mol. The molecular weight excluding hydrogens is 405 g/mol. The van der Waals surface area contributed by atoms with E-state index in [4.69, 9.17) is 23.2 Å². The Morgan fingerprint density at radius 2 is 1.62 bits per heavy atom. The van der Waals surface area contributed by atoms with Gasteiger partial charge >= 0.3 is 0 Å². The van der Waals surface area contributed by atoms with Gasteiger partial charge in [0.1, 0.15) is 4.34 Å². The van der Waals surface area contributed by atoms with Crippen LogP contribution in [-0.4, -0.2) is 13.4 Å². The fourth-order valence-corrected chi connectivity index (χ4v) is 6.19. The number of aryl methyl sites for hydroxylation is 1. The van der Waals surface area contributed by atoms with Gasteiger partial charge in [0.2, 0.25) is 9.84 Å². The molecule has 0 aliphatic rings. The van der Waals surface area contributed by atoms with Crippen molar-refractivity contribution < 1.29 is 8.42 Å². The Hall–Kier alpha value is -1.05.